The van der Waals surface area contributed by atoms with E-state index in [0.717, 1.165) is 11.3 Å². The normalized spacial score (nSPS) is 10.6. The lowest BCUT2D eigenvalue weighted by Crippen LogP contribution is -2.24. The zero-order valence-corrected chi connectivity index (χ0v) is 12.1. The van der Waals surface area contributed by atoms with Crippen LogP contribution in [0.15, 0.2) is 47.4 Å². The van der Waals surface area contributed by atoms with Crippen molar-refractivity contribution in [2.45, 2.75) is 13.0 Å². The molecule has 1 amide bonds. The summed E-state index contributed by atoms with van der Waals surface area (Å²) in [6.07, 6.45) is 5.51. The Morgan fingerprint density at radius 1 is 1.36 bits per heavy atom. The maximum absolute atomic E-state index is 11.8. The van der Waals surface area contributed by atoms with Gasteiger partial charge in [-0.3, -0.25) is 9.78 Å². The van der Waals surface area contributed by atoms with Gasteiger partial charge >= 0.3 is 0 Å². The fourth-order valence-electron chi connectivity index (χ4n) is 2.05. The Balaban J connectivity index is 1.57. The third-order valence-electron chi connectivity index (χ3n) is 3.17. The van der Waals surface area contributed by atoms with Crippen LogP contribution >= 0.6 is 0 Å². The first kappa shape index (κ1) is 14.0. The standard InChI is InChI=1S/C15H15N5O2/c1-20-7-3-5-12(20)15-18-14(22-19-15)10-17-13(21)8-11-4-2-6-16-9-11/h2-7,9H,8,10H2,1H3,(H,17,21). The van der Waals surface area contributed by atoms with E-state index in [-0.39, 0.29) is 18.9 Å². The van der Waals surface area contributed by atoms with Crippen LogP contribution in [0.25, 0.3) is 11.5 Å². The van der Waals surface area contributed by atoms with E-state index >= 15 is 0 Å². The van der Waals surface area contributed by atoms with Crippen LogP contribution in [-0.2, 0) is 24.8 Å². The molecule has 3 aromatic rings. The van der Waals surface area contributed by atoms with Crippen molar-refractivity contribution in [2.75, 3.05) is 0 Å². The number of hydrogen-bond donors (Lipinski definition) is 1. The average molecular weight is 297 g/mol. The van der Waals surface area contributed by atoms with Crippen LogP contribution in [0.1, 0.15) is 11.5 Å². The van der Waals surface area contributed by atoms with Crippen LogP contribution in [0, 0.1) is 0 Å². The van der Waals surface area contributed by atoms with Gasteiger partial charge in [0.05, 0.1) is 18.7 Å². The number of aryl methyl sites for hydroxylation is 1. The minimum absolute atomic E-state index is 0.119. The minimum Gasteiger partial charge on any atom is -0.348 e. The molecule has 0 saturated carbocycles. The molecule has 112 valence electrons. The van der Waals surface area contributed by atoms with Gasteiger partial charge < -0.3 is 14.4 Å². The summed E-state index contributed by atoms with van der Waals surface area (Å²) in [6, 6.07) is 7.45. The molecule has 3 heterocycles. The summed E-state index contributed by atoms with van der Waals surface area (Å²) in [7, 11) is 1.90. The summed E-state index contributed by atoms with van der Waals surface area (Å²) in [5, 5.41) is 6.66. The van der Waals surface area contributed by atoms with Crippen molar-refractivity contribution >= 4 is 5.91 Å². The quantitative estimate of drug-likeness (QED) is 0.768. The summed E-state index contributed by atoms with van der Waals surface area (Å²) in [5.41, 5.74) is 1.71. The Hall–Kier alpha value is -2.96. The Morgan fingerprint density at radius 2 is 2.27 bits per heavy atom. The lowest BCUT2D eigenvalue weighted by atomic mass is 10.2. The Morgan fingerprint density at radius 3 is 3.00 bits per heavy atom. The highest BCUT2D eigenvalue weighted by Crippen LogP contribution is 2.15. The summed E-state index contributed by atoms with van der Waals surface area (Å²) < 4.78 is 7.04. The predicted octanol–water partition coefficient (Wildman–Crippen LogP) is 1.33. The largest absolute Gasteiger partial charge is 0.348 e. The van der Waals surface area contributed by atoms with Gasteiger partial charge in [0.15, 0.2) is 0 Å². The molecular weight excluding hydrogens is 282 g/mol. The van der Waals surface area contributed by atoms with E-state index in [1.54, 1.807) is 18.5 Å². The molecule has 0 bridgehead atoms. The predicted molar refractivity (Wildman–Crippen MR) is 78.5 cm³/mol. The molecule has 0 aliphatic rings. The van der Waals surface area contributed by atoms with Crippen LogP contribution < -0.4 is 5.32 Å². The number of pyridine rings is 1. The van der Waals surface area contributed by atoms with E-state index in [1.165, 1.54) is 0 Å². The van der Waals surface area contributed by atoms with Crippen molar-refractivity contribution < 1.29 is 9.32 Å². The smallest absolute Gasteiger partial charge is 0.246 e. The zero-order chi connectivity index (χ0) is 15.4. The second-order valence-corrected chi connectivity index (χ2v) is 4.83. The Labute approximate surface area is 127 Å². The average Bonchev–Trinajstić information content (AvgIpc) is 3.14. The topological polar surface area (TPSA) is 85.8 Å². The molecule has 0 aliphatic heterocycles. The zero-order valence-electron chi connectivity index (χ0n) is 12.1. The summed E-state index contributed by atoms with van der Waals surface area (Å²) in [4.78, 5) is 20.1. The van der Waals surface area contributed by atoms with Gasteiger partial charge in [-0.15, -0.1) is 0 Å². The number of nitrogens with zero attached hydrogens (tertiary/aromatic N) is 4. The fraction of sp³-hybridized carbons (Fsp3) is 0.200. The first-order valence-electron chi connectivity index (χ1n) is 6.82. The lowest BCUT2D eigenvalue weighted by Gasteiger charge is -2.01. The molecule has 3 rings (SSSR count). The van der Waals surface area contributed by atoms with E-state index in [0.29, 0.717) is 11.7 Å². The van der Waals surface area contributed by atoms with Gasteiger partial charge in [0.25, 0.3) is 0 Å². The van der Waals surface area contributed by atoms with Crippen molar-refractivity contribution in [1.29, 1.82) is 0 Å². The molecule has 0 aliphatic carbocycles. The SMILES string of the molecule is Cn1cccc1-c1noc(CNC(=O)Cc2cccnc2)n1. The summed E-state index contributed by atoms with van der Waals surface area (Å²) in [5.74, 6) is 0.756. The van der Waals surface area contributed by atoms with Gasteiger partial charge in [0.1, 0.15) is 0 Å². The molecule has 0 atom stereocenters. The van der Waals surface area contributed by atoms with E-state index in [2.05, 4.69) is 20.4 Å². The first-order chi connectivity index (χ1) is 10.7. The molecule has 22 heavy (non-hydrogen) atoms. The number of aromatic nitrogens is 4. The number of carbonyl (C=O) groups excluding carboxylic acids is 1. The first-order valence-corrected chi connectivity index (χ1v) is 6.82. The number of nitrogens with one attached hydrogen (secondary N) is 1. The second kappa shape index (κ2) is 6.21. The molecule has 0 fully saturated rings. The molecular formula is C15H15N5O2. The number of rotatable bonds is 5. The van der Waals surface area contributed by atoms with Gasteiger partial charge in [-0.2, -0.15) is 4.98 Å². The van der Waals surface area contributed by atoms with Crippen LogP contribution in [0.5, 0.6) is 0 Å². The molecule has 3 aromatic heterocycles. The highest BCUT2D eigenvalue weighted by molar-refractivity contribution is 5.78. The van der Waals surface area contributed by atoms with Crippen molar-refractivity contribution in [3.63, 3.8) is 0 Å². The summed E-state index contributed by atoms with van der Waals surface area (Å²) in [6.45, 7) is 0.205. The molecule has 0 aromatic carbocycles. The number of amides is 1. The van der Waals surface area contributed by atoms with Gasteiger partial charge in [0, 0.05) is 25.6 Å². The van der Waals surface area contributed by atoms with Crippen LogP contribution in [0.3, 0.4) is 0 Å². The van der Waals surface area contributed by atoms with E-state index in [4.69, 9.17) is 4.52 Å². The van der Waals surface area contributed by atoms with Crippen LogP contribution in [0.4, 0.5) is 0 Å². The molecule has 0 radical (unpaired) electrons. The molecule has 7 nitrogen and oxygen atoms in total. The fourth-order valence-corrected chi connectivity index (χ4v) is 2.05. The van der Waals surface area contributed by atoms with E-state index < -0.39 is 0 Å². The third kappa shape index (κ3) is 3.20. The number of hydrogen-bond acceptors (Lipinski definition) is 5. The van der Waals surface area contributed by atoms with Crippen molar-refractivity contribution in [1.82, 2.24) is 25.0 Å². The van der Waals surface area contributed by atoms with Crippen LogP contribution in [-0.4, -0.2) is 25.6 Å². The lowest BCUT2D eigenvalue weighted by molar-refractivity contribution is -0.120. The molecule has 0 unspecified atom stereocenters. The highest BCUT2D eigenvalue weighted by atomic mass is 16.5. The monoisotopic (exact) mass is 297 g/mol. The van der Waals surface area contributed by atoms with E-state index in [9.17, 15) is 4.79 Å². The Kier molecular flexibility index (Phi) is 3.95. The Bertz CT molecular complexity index is 763. The van der Waals surface area contributed by atoms with Crippen molar-refractivity contribution in [3.8, 4) is 11.5 Å². The maximum Gasteiger partial charge on any atom is 0.246 e. The molecule has 7 heteroatoms. The van der Waals surface area contributed by atoms with Crippen LogP contribution in [0.2, 0.25) is 0 Å². The van der Waals surface area contributed by atoms with Crippen molar-refractivity contribution in [2.24, 2.45) is 7.05 Å². The highest BCUT2D eigenvalue weighted by Gasteiger charge is 2.12. The molecule has 0 spiro atoms. The summed E-state index contributed by atoms with van der Waals surface area (Å²) >= 11 is 0. The van der Waals surface area contributed by atoms with Gasteiger partial charge in [-0.25, -0.2) is 0 Å². The molecule has 1 N–H and O–H groups in total. The second-order valence-electron chi connectivity index (χ2n) is 4.83. The van der Waals surface area contributed by atoms with Gasteiger partial charge in [-0.1, -0.05) is 11.2 Å². The van der Waals surface area contributed by atoms with Crippen molar-refractivity contribution in [3.05, 3.63) is 54.3 Å². The minimum atomic E-state index is -0.119. The van der Waals surface area contributed by atoms with E-state index in [1.807, 2.05) is 36.0 Å². The van der Waals surface area contributed by atoms with Gasteiger partial charge in [0.2, 0.25) is 17.6 Å². The van der Waals surface area contributed by atoms with Gasteiger partial charge in [-0.05, 0) is 23.8 Å². The molecule has 0 saturated heterocycles. The number of carbonyl (C=O) groups is 1. The maximum atomic E-state index is 11.8. The third-order valence-corrected chi connectivity index (χ3v) is 3.17.